The standard InChI is InChI=1S/C18H29BrN6O2.HI/c1-3-20-17(21-11-13-5-4-6-15(13)26)24-7-9-25(10-8-24)18-22-12-14(19)16(23-18)27-2;/h12-13,15,26H,3-11H2,1-2H3,(H,20,21);1H. The first-order valence-electron chi connectivity index (χ1n) is 9.65. The number of piperazine rings is 1. The predicted octanol–water partition coefficient (Wildman–Crippen LogP) is 2.11. The largest absolute Gasteiger partial charge is 0.480 e. The van der Waals surface area contributed by atoms with Gasteiger partial charge in [-0.2, -0.15) is 4.98 Å². The molecule has 1 aromatic rings. The molecule has 8 nitrogen and oxygen atoms in total. The summed E-state index contributed by atoms with van der Waals surface area (Å²) < 4.78 is 6.03. The van der Waals surface area contributed by atoms with Crippen LogP contribution in [0, 0.1) is 5.92 Å². The van der Waals surface area contributed by atoms with Gasteiger partial charge in [0.05, 0.1) is 23.9 Å². The molecule has 1 aromatic heterocycles. The van der Waals surface area contributed by atoms with Crippen LogP contribution in [0.1, 0.15) is 26.2 Å². The lowest BCUT2D eigenvalue weighted by Crippen LogP contribution is -2.53. The number of anilines is 1. The number of aliphatic hydroxyl groups is 1. The highest BCUT2D eigenvalue weighted by Gasteiger charge is 2.26. The summed E-state index contributed by atoms with van der Waals surface area (Å²) in [6.07, 6.45) is 4.62. The van der Waals surface area contributed by atoms with Crippen LogP contribution < -0.4 is 15.0 Å². The molecule has 2 heterocycles. The van der Waals surface area contributed by atoms with Crippen LogP contribution in [0.25, 0.3) is 0 Å². The van der Waals surface area contributed by atoms with E-state index in [1.54, 1.807) is 13.3 Å². The summed E-state index contributed by atoms with van der Waals surface area (Å²) in [5.74, 6) is 2.47. The summed E-state index contributed by atoms with van der Waals surface area (Å²) in [5, 5.41) is 13.4. The van der Waals surface area contributed by atoms with Gasteiger partial charge in [-0.1, -0.05) is 6.42 Å². The van der Waals surface area contributed by atoms with Gasteiger partial charge in [-0.3, -0.25) is 4.99 Å². The minimum Gasteiger partial charge on any atom is -0.480 e. The third-order valence-corrected chi connectivity index (χ3v) is 5.73. The molecule has 28 heavy (non-hydrogen) atoms. The summed E-state index contributed by atoms with van der Waals surface area (Å²) in [6.45, 7) is 6.94. The zero-order valence-electron chi connectivity index (χ0n) is 16.5. The van der Waals surface area contributed by atoms with E-state index in [0.717, 1.165) is 62.4 Å². The van der Waals surface area contributed by atoms with Crippen LogP contribution in [0.5, 0.6) is 5.88 Å². The highest BCUT2D eigenvalue weighted by Crippen LogP contribution is 2.26. The van der Waals surface area contributed by atoms with Gasteiger partial charge in [-0.25, -0.2) is 4.98 Å². The Morgan fingerprint density at radius 2 is 2.11 bits per heavy atom. The molecule has 2 N–H and O–H groups in total. The fourth-order valence-corrected chi connectivity index (χ4v) is 3.97. The Kier molecular flexibility index (Phi) is 9.48. The number of guanidine groups is 1. The van der Waals surface area contributed by atoms with Crippen molar-refractivity contribution < 1.29 is 9.84 Å². The average molecular weight is 569 g/mol. The quantitative estimate of drug-likeness (QED) is 0.320. The third-order valence-electron chi connectivity index (χ3n) is 5.18. The van der Waals surface area contributed by atoms with Crippen molar-refractivity contribution in [2.45, 2.75) is 32.3 Å². The summed E-state index contributed by atoms with van der Waals surface area (Å²) in [5.41, 5.74) is 0. The van der Waals surface area contributed by atoms with Gasteiger partial charge in [0.15, 0.2) is 5.96 Å². The third kappa shape index (κ3) is 5.82. The summed E-state index contributed by atoms with van der Waals surface area (Å²) in [4.78, 5) is 18.1. The van der Waals surface area contributed by atoms with Crippen LogP contribution in [-0.4, -0.2) is 78.4 Å². The molecule has 158 valence electrons. The topological polar surface area (TPSA) is 86.1 Å². The zero-order valence-corrected chi connectivity index (χ0v) is 20.4. The fraction of sp³-hybridized carbons (Fsp3) is 0.722. The number of aliphatic imine (C=N–C) groups is 1. The maximum absolute atomic E-state index is 10.0. The molecule has 2 aliphatic rings. The first-order chi connectivity index (χ1) is 13.1. The molecule has 2 atom stereocenters. The molecule has 1 aliphatic carbocycles. The molecule has 0 aromatic carbocycles. The van der Waals surface area contributed by atoms with Gasteiger partial charge in [0.2, 0.25) is 11.8 Å². The lowest BCUT2D eigenvalue weighted by atomic mass is 10.1. The van der Waals surface area contributed by atoms with Gasteiger partial charge >= 0.3 is 0 Å². The molecule has 1 aliphatic heterocycles. The van der Waals surface area contributed by atoms with E-state index in [2.05, 4.69) is 47.9 Å². The monoisotopic (exact) mass is 568 g/mol. The summed E-state index contributed by atoms with van der Waals surface area (Å²) >= 11 is 3.39. The van der Waals surface area contributed by atoms with Crippen molar-refractivity contribution >= 4 is 51.8 Å². The summed E-state index contributed by atoms with van der Waals surface area (Å²) in [7, 11) is 1.61. The van der Waals surface area contributed by atoms with Crippen molar-refractivity contribution in [3.05, 3.63) is 10.7 Å². The van der Waals surface area contributed by atoms with Gasteiger partial charge in [0.1, 0.15) is 0 Å². The molecule has 3 rings (SSSR count). The van der Waals surface area contributed by atoms with Crippen LogP contribution in [0.15, 0.2) is 15.7 Å². The molecule has 0 spiro atoms. The normalized spacial score (nSPS) is 22.8. The van der Waals surface area contributed by atoms with E-state index in [1.807, 2.05) is 0 Å². The van der Waals surface area contributed by atoms with Gasteiger partial charge in [0.25, 0.3) is 0 Å². The zero-order chi connectivity index (χ0) is 19.2. The maximum atomic E-state index is 10.0. The van der Waals surface area contributed by atoms with E-state index >= 15 is 0 Å². The Morgan fingerprint density at radius 1 is 1.36 bits per heavy atom. The van der Waals surface area contributed by atoms with Crippen molar-refractivity contribution in [3.63, 3.8) is 0 Å². The van der Waals surface area contributed by atoms with Crippen molar-refractivity contribution in [1.29, 1.82) is 0 Å². The van der Waals surface area contributed by atoms with Crippen LogP contribution in [0.2, 0.25) is 0 Å². The predicted molar refractivity (Wildman–Crippen MR) is 125 cm³/mol. The number of halogens is 2. The Labute approximate surface area is 192 Å². The number of aliphatic hydroxyl groups excluding tert-OH is 1. The molecule has 2 fully saturated rings. The van der Waals surface area contributed by atoms with Crippen molar-refractivity contribution in [3.8, 4) is 5.88 Å². The number of hydrogen-bond donors (Lipinski definition) is 2. The smallest absolute Gasteiger partial charge is 0.232 e. The SMILES string of the molecule is CCNC(=NCC1CCCC1O)N1CCN(c2ncc(Br)c(OC)n2)CC1.I. The van der Waals surface area contributed by atoms with Gasteiger partial charge in [-0.15, -0.1) is 24.0 Å². The Balaban J connectivity index is 0.00000280. The summed E-state index contributed by atoms with van der Waals surface area (Å²) in [6, 6.07) is 0. The first-order valence-corrected chi connectivity index (χ1v) is 10.4. The number of ether oxygens (including phenoxy) is 1. The second-order valence-corrected chi connectivity index (χ2v) is 7.81. The minimum absolute atomic E-state index is 0. The van der Waals surface area contributed by atoms with Crippen molar-refractivity contribution in [2.24, 2.45) is 10.9 Å². The maximum Gasteiger partial charge on any atom is 0.232 e. The Bertz CT molecular complexity index is 657. The van der Waals surface area contributed by atoms with E-state index in [1.165, 1.54) is 0 Å². The second kappa shape index (κ2) is 11.3. The molecule has 0 bridgehead atoms. The van der Waals surface area contributed by atoms with Crippen molar-refractivity contribution in [1.82, 2.24) is 20.2 Å². The molecule has 0 radical (unpaired) electrons. The minimum atomic E-state index is -0.196. The highest BCUT2D eigenvalue weighted by molar-refractivity contribution is 14.0. The Morgan fingerprint density at radius 3 is 2.71 bits per heavy atom. The Hall–Kier alpha value is -0.880. The molecular weight excluding hydrogens is 539 g/mol. The lowest BCUT2D eigenvalue weighted by molar-refractivity contribution is 0.136. The first kappa shape index (κ1) is 23.4. The number of methoxy groups -OCH3 is 1. The fourth-order valence-electron chi connectivity index (χ4n) is 3.62. The van der Waals surface area contributed by atoms with E-state index < -0.39 is 0 Å². The lowest BCUT2D eigenvalue weighted by Gasteiger charge is -2.36. The molecule has 1 saturated heterocycles. The van der Waals surface area contributed by atoms with Crippen LogP contribution in [0.4, 0.5) is 5.95 Å². The molecule has 10 heteroatoms. The molecular formula is C18H30BrIN6O2. The van der Waals surface area contributed by atoms with Crippen LogP contribution >= 0.6 is 39.9 Å². The average Bonchev–Trinajstić information content (AvgIpc) is 3.10. The van der Waals surface area contributed by atoms with Gasteiger partial charge in [-0.05, 0) is 35.7 Å². The number of nitrogens with zero attached hydrogens (tertiary/aromatic N) is 5. The second-order valence-electron chi connectivity index (χ2n) is 6.95. The van der Waals surface area contributed by atoms with E-state index in [9.17, 15) is 5.11 Å². The van der Waals surface area contributed by atoms with E-state index in [-0.39, 0.29) is 30.1 Å². The van der Waals surface area contributed by atoms with Gasteiger partial charge in [0, 0.05) is 45.2 Å². The number of hydrogen-bond acceptors (Lipinski definition) is 6. The number of rotatable bonds is 5. The number of nitrogens with one attached hydrogen (secondary N) is 1. The van der Waals surface area contributed by atoms with E-state index in [0.29, 0.717) is 24.3 Å². The van der Waals surface area contributed by atoms with Crippen molar-refractivity contribution in [2.75, 3.05) is 51.3 Å². The number of aromatic nitrogens is 2. The highest BCUT2D eigenvalue weighted by atomic mass is 127. The van der Waals surface area contributed by atoms with Gasteiger partial charge < -0.3 is 25.0 Å². The van der Waals surface area contributed by atoms with Crippen LogP contribution in [-0.2, 0) is 0 Å². The molecule has 0 amide bonds. The molecule has 2 unspecified atom stereocenters. The molecule has 1 saturated carbocycles. The van der Waals surface area contributed by atoms with Crippen LogP contribution in [0.3, 0.4) is 0 Å². The van der Waals surface area contributed by atoms with E-state index in [4.69, 9.17) is 9.73 Å².